The van der Waals surface area contributed by atoms with Crippen molar-refractivity contribution in [2.45, 2.75) is 85.5 Å². The predicted octanol–water partition coefficient (Wildman–Crippen LogP) is 16.5. The van der Waals surface area contributed by atoms with Crippen molar-refractivity contribution in [3.05, 3.63) is 192 Å². The van der Waals surface area contributed by atoms with Crippen molar-refractivity contribution in [3.63, 3.8) is 0 Å². The third-order valence-corrected chi connectivity index (χ3v) is 13.2. The number of hydrogen-bond acceptors (Lipinski definition) is 3. The Labute approximate surface area is 386 Å². The van der Waals surface area contributed by atoms with Gasteiger partial charge in [0.1, 0.15) is 11.6 Å². The lowest BCUT2D eigenvalue weighted by molar-refractivity contribution is 0.448. The Morgan fingerprint density at radius 2 is 1.26 bits per heavy atom. The molecule has 0 spiro atoms. The van der Waals surface area contributed by atoms with Crippen LogP contribution in [-0.2, 0) is 10.8 Å². The third-order valence-electron chi connectivity index (χ3n) is 13.2. The highest BCUT2D eigenvalue weighted by molar-refractivity contribution is 5.98. The molecule has 0 atom stereocenters. The summed E-state index contributed by atoms with van der Waals surface area (Å²) in [6.07, 6.45) is 2.88. The summed E-state index contributed by atoms with van der Waals surface area (Å²) >= 11 is 0. The van der Waals surface area contributed by atoms with Crippen LogP contribution in [0.1, 0.15) is 91.3 Å². The first-order valence-electron chi connectivity index (χ1n) is 23.3. The van der Waals surface area contributed by atoms with Gasteiger partial charge >= 0.3 is 0 Å². The number of phenols is 1. The fraction of sp³-hybridized carbons (Fsp3) is 0.213. The summed E-state index contributed by atoms with van der Waals surface area (Å²) in [7, 11) is 0. The smallest absolute Gasteiger partial charge is 0.149 e. The maximum Gasteiger partial charge on any atom is 0.149 e. The van der Waals surface area contributed by atoms with Gasteiger partial charge in [-0.3, -0.25) is 9.55 Å². The van der Waals surface area contributed by atoms with Crippen LogP contribution in [0.4, 0.5) is 0 Å². The number of benzene rings is 7. The largest absolute Gasteiger partial charge is 0.507 e. The number of aryl methyl sites for hydroxylation is 1. The molecule has 0 fully saturated rings. The van der Waals surface area contributed by atoms with Gasteiger partial charge in [-0.2, -0.15) is 0 Å². The van der Waals surface area contributed by atoms with E-state index < -0.39 is 5.89 Å². The summed E-state index contributed by atoms with van der Waals surface area (Å²) in [4.78, 5) is 10.6. The number of rotatable bonds is 10. The van der Waals surface area contributed by atoms with Crippen LogP contribution in [0, 0.1) is 6.92 Å². The highest BCUT2D eigenvalue weighted by Gasteiger charge is 2.28. The molecule has 2 aromatic heterocycles. The highest BCUT2D eigenvalue weighted by Crippen LogP contribution is 2.45. The molecule has 0 saturated heterocycles. The standard InChI is InChI=1S/C61H59N3O/c1-10-61(8,9)49-28-29-55(51(38-49)44-20-15-12-16-21-44)64-56-23-17-22-50(57(56)63-59(64)52-32-40(4)33-53(58(52)65)60(5,6)7)47-34-46(42-18-13-11-14-19-42)35-48(36-47)54-37-45(30-31-62-54)43-26-24-41(25-27-43)39(2)3/h11-39,65H,10H2,1-9H3/i39D. The fourth-order valence-corrected chi connectivity index (χ4v) is 8.97. The quantitative estimate of drug-likeness (QED) is 0.149. The molecule has 0 unspecified atom stereocenters. The molecule has 0 bridgehead atoms. The summed E-state index contributed by atoms with van der Waals surface area (Å²) in [5.41, 5.74) is 17.6. The average molecular weight is 851 g/mol. The van der Waals surface area contributed by atoms with E-state index >= 15 is 0 Å². The van der Waals surface area contributed by atoms with Crippen molar-refractivity contribution >= 4 is 11.0 Å². The summed E-state index contributed by atoms with van der Waals surface area (Å²) < 4.78 is 10.8. The molecule has 9 aromatic rings. The van der Waals surface area contributed by atoms with Crippen molar-refractivity contribution in [2.24, 2.45) is 0 Å². The minimum atomic E-state index is -0.674. The van der Waals surface area contributed by atoms with Crippen LogP contribution in [0.15, 0.2) is 170 Å². The van der Waals surface area contributed by atoms with Crippen molar-refractivity contribution in [2.75, 3.05) is 0 Å². The van der Waals surface area contributed by atoms with Crippen molar-refractivity contribution in [3.8, 4) is 78.6 Å². The number of fused-ring (bicyclic) bond motifs is 1. The monoisotopic (exact) mass is 850 g/mol. The number of para-hydroxylation sites is 1. The Hall–Kier alpha value is -7.04. The Morgan fingerprint density at radius 3 is 1.94 bits per heavy atom. The molecular formula is C61H59N3O. The number of imidazole rings is 1. The van der Waals surface area contributed by atoms with Crippen LogP contribution in [0.2, 0.25) is 0 Å². The molecule has 9 rings (SSSR count). The highest BCUT2D eigenvalue weighted by atomic mass is 16.3. The molecule has 4 heteroatoms. The van der Waals surface area contributed by atoms with E-state index in [0.717, 1.165) is 95.6 Å². The first kappa shape index (κ1) is 41.9. The molecule has 0 radical (unpaired) electrons. The summed E-state index contributed by atoms with van der Waals surface area (Å²) in [6, 6.07) is 57.8. The van der Waals surface area contributed by atoms with Gasteiger partial charge in [0.05, 0.1) is 28.0 Å². The van der Waals surface area contributed by atoms with Crippen molar-refractivity contribution < 1.29 is 6.48 Å². The molecule has 324 valence electrons. The van der Waals surface area contributed by atoms with E-state index in [0.29, 0.717) is 11.4 Å². The SMILES string of the molecule is [2H]C(C)(C)c1ccc(-c2ccnc(-c3cc(-c4ccccc4)cc(-c4cccc5c4nc(-c4cc(C)cc(C(C)(C)C)c4O)n5-c4ccc(C(C)(C)CC)cc4-c4ccccc4)c3)c2)cc1. The maximum atomic E-state index is 12.4. The fourth-order valence-electron chi connectivity index (χ4n) is 8.97. The van der Waals surface area contributed by atoms with Gasteiger partial charge in [0.25, 0.3) is 0 Å². The second-order valence-corrected chi connectivity index (χ2v) is 19.4. The predicted molar refractivity (Wildman–Crippen MR) is 274 cm³/mol. The average Bonchev–Trinajstić information content (AvgIpc) is 3.71. The Morgan fingerprint density at radius 1 is 0.600 bits per heavy atom. The summed E-state index contributed by atoms with van der Waals surface area (Å²) in [5, 5.41) is 12.4. The zero-order valence-corrected chi connectivity index (χ0v) is 39.2. The van der Waals surface area contributed by atoms with Crippen LogP contribution in [0.5, 0.6) is 5.75 Å². The zero-order chi connectivity index (χ0) is 46.5. The van der Waals surface area contributed by atoms with Gasteiger partial charge in [0.2, 0.25) is 0 Å². The first-order valence-corrected chi connectivity index (χ1v) is 22.8. The number of aromatic nitrogens is 3. The molecule has 0 aliphatic heterocycles. The second kappa shape index (κ2) is 17.2. The minimum Gasteiger partial charge on any atom is -0.507 e. The van der Waals surface area contributed by atoms with Crippen LogP contribution in [-0.4, -0.2) is 19.6 Å². The van der Waals surface area contributed by atoms with E-state index in [9.17, 15) is 5.11 Å². The lowest BCUT2D eigenvalue weighted by Crippen LogP contribution is -2.16. The van der Waals surface area contributed by atoms with E-state index in [4.69, 9.17) is 11.3 Å². The molecule has 65 heavy (non-hydrogen) atoms. The number of pyridine rings is 1. The van der Waals surface area contributed by atoms with Gasteiger partial charge in [-0.1, -0.05) is 165 Å². The van der Waals surface area contributed by atoms with E-state index in [1.54, 1.807) is 0 Å². The molecule has 0 amide bonds. The molecule has 4 nitrogen and oxygen atoms in total. The minimum absolute atomic E-state index is 0.0363. The molecule has 1 N–H and O–H groups in total. The van der Waals surface area contributed by atoms with E-state index in [1.165, 1.54) is 5.56 Å². The first-order chi connectivity index (χ1) is 31.5. The topological polar surface area (TPSA) is 50.9 Å². The Kier molecular flexibility index (Phi) is 11.1. The summed E-state index contributed by atoms with van der Waals surface area (Å²) in [5.74, 6) is 0.248. The third kappa shape index (κ3) is 8.42. The van der Waals surface area contributed by atoms with Gasteiger partial charge in [-0.05, 0) is 135 Å². The maximum absolute atomic E-state index is 12.4. The molecule has 0 aliphatic carbocycles. The van der Waals surface area contributed by atoms with Gasteiger partial charge < -0.3 is 5.11 Å². The Bertz CT molecular complexity index is 3220. The van der Waals surface area contributed by atoms with Gasteiger partial charge in [-0.15, -0.1) is 0 Å². The van der Waals surface area contributed by atoms with Crippen LogP contribution >= 0.6 is 0 Å². The van der Waals surface area contributed by atoms with Crippen LogP contribution in [0.3, 0.4) is 0 Å². The second-order valence-electron chi connectivity index (χ2n) is 19.4. The van der Waals surface area contributed by atoms with E-state index in [1.807, 2.05) is 44.3 Å². The lowest BCUT2D eigenvalue weighted by atomic mass is 9.81. The van der Waals surface area contributed by atoms with Crippen LogP contribution < -0.4 is 0 Å². The lowest BCUT2D eigenvalue weighted by Gasteiger charge is -2.26. The van der Waals surface area contributed by atoms with Crippen molar-refractivity contribution in [1.82, 2.24) is 14.5 Å². The van der Waals surface area contributed by atoms with E-state index in [2.05, 4.69) is 193 Å². The molecule has 0 saturated carbocycles. The molecule has 0 aliphatic rings. The van der Waals surface area contributed by atoms with Crippen LogP contribution in [0.25, 0.3) is 83.9 Å². The van der Waals surface area contributed by atoms with Gasteiger partial charge in [0.15, 0.2) is 0 Å². The number of hydrogen-bond donors (Lipinski definition) is 1. The van der Waals surface area contributed by atoms with Gasteiger partial charge in [0, 0.05) is 29.8 Å². The van der Waals surface area contributed by atoms with E-state index in [-0.39, 0.29) is 16.6 Å². The normalized spacial score (nSPS) is 12.4. The Balaban J connectivity index is 1.31. The molecule has 7 aromatic carbocycles. The van der Waals surface area contributed by atoms with Gasteiger partial charge in [-0.25, -0.2) is 4.98 Å². The number of nitrogens with zero attached hydrogens (tertiary/aromatic N) is 3. The van der Waals surface area contributed by atoms with Crippen molar-refractivity contribution in [1.29, 1.82) is 0 Å². The molecular weight excluding hydrogens is 791 g/mol. The zero-order valence-electron chi connectivity index (χ0n) is 40.2. The molecule has 2 heterocycles. The number of aromatic hydroxyl groups is 1. The summed E-state index contributed by atoms with van der Waals surface area (Å²) in [6.45, 7) is 19.2. The number of phenolic OH excluding ortho intramolecular Hbond substituents is 1.